The van der Waals surface area contributed by atoms with E-state index >= 15 is 0 Å². The molecule has 0 heterocycles. The number of amides is 1. The molecule has 2 aromatic carbocycles. The van der Waals surface area contributed by atoms with Gasteiger partial charge in [-0.15, -0.1) is 0 Å². The lowest BCUT2D eigenvalue weighted by atomic mass is 9.86. The van der Waals surface area contributed by atoms with Crippen LogP contribution < -0.4 is 10.1 Å². The van der Waals surface area contributed by atoms with Crippen LogP contribution in [0.2, 0.25) is 0 Å². The maximum absolute atomic E-state index is 12.7. The van der Waals surface area contributed by atoms with Crippen LogP contribution in [0.15, 0.2) is 36.4 Å². The van der Waals surface area contributed by atoms with Crippen molar-refractivity contribution in [3.63, 3.8) is 0 Å². The molecule has 2 aromatic rings. The molecule has 3 rings (SSSR count). The topological polar surface area (TPSA) is 55.4 Å². The molecule has 0 atom stereocenters. The van der Waals surface area contributed by atoms with Crippen molar-refractivity contribution in [3.05, 3.63) is 58.7 Å². The van der Waals surface area contributed by atoms with Gasteiger partial charge >= 0.3 is 0 Å². The lowest BCUT2D eigenvalue weighted by Crippen LogP contribution is -2.15. The third-order valence-corrected chi connectivity index (χ3v) is 5.07. The number of ketones is 1. The summed E-state index contributed by atoms with van der Waals surface area (Å²) in [7, 11) is 1.58. The average Bonchev–Trinajstić information content (AvgIpc) is 2.80. The van der Waals surface area contributed by atoms with Crippen molar-refractivity contribution in [3.8, 4) is 5.75 Å². The van der Waals surface area contributed by atoms with Crippen LogP contribution in [0.3, 0.4) is 0 Å². The summed E-state index contributed by atoms with van der Waals surface area (Å²) in [5, 5.41) is 2.97. The second-order valence-corrected chi connectivity index (χ2v) is 8.17. The standard InChI is InChI=1S/C23H27NO3/c1-23(2,3)18-10-8-15(9-11-18)22(26)24-20-13-16-6-5-7-19(25)12-17(16)14-21(20)27-4/h8-11,13-14H,5-7,12H2,1-4H3,(H,24,26). The highest BCUT2D eigenvalue weighted by Gasteiger charge is 2.19. The van der Waals surface area contributed by atoms with Crippen LogP contribution in [-0.4, -0.2) is 18.8 Å². The summed E-state index contributed by atoms with van der Waals surface area (Å²) in [6, 6.07) is 11.5. The second-order valence-electron chi connectivity index (χ2n) is 8.17. The summed E-state index contributed by atoms with van der Waals surface area (Å²) in [5.41, 5.74) is 4.60. The van der Waals surface area contributed by atoms with Gasteiger partial charge in [0.15, 0.2) is 0 Å². The maximum Gasteiger partial charge on any atom is 0.255 e. The van der Waals surface area contributed by atoms with E-state index in [1.165, 1.54) is 5.56 Å². The molecule has 0 spiro atoms. The zero-order chi connectivity index (χ0) is 19.6. The van der Waals surface area contributed by atoms with Crippen molar-refractivity contribution in [2.45, 2.75) is 51.9 Å². The number of carbonyl (C=O) groups excluding carboxylic acids is 2. The molecule has 0 aliphatic heterocycles. The van der Waals surface area contributed by atoms with Gasteiger partial charge < -0.3 is 10.1 Å². The monoisotopic (exact) mass is 365 g/mol. The minimum atomic E-state index is -0.168. The Kier molecular flexibility index (Phi) is 5.36. The fourth-order valence-corrected chi connectivity index (χ4v) is 3.42. The maximum atomic E-state index is 12.7. The van der Waals surface area contributed by atoms with E-state index in [0.29, 0.717) is 29.8 Å². The van der Waals surface area contributed by atoms with Gasteiger partial charge in [-0.3, -0.25) is 9.59 Å². The smallest absolute Gasteiger partial charge is 0.255 e. The normalized spacial score (nSPS) is 14.3. The molecular weight excluding hydrogens is 338 g/mol. The molecule has 0 bridgehead atoms. The zero-order valence-electron chi connectivity index (χ0n) is 16.5. The van der Waals surface area contributed by atoms with E-state index in [2.05, 4.69) is 26.1 Å². The number of rotatable bonds is 3. The van der Waals surface area contributed by atoms with E-state index < -0.39 is 0 Å². The highest BCUT2D eigenvalue weighted by Crippen LogP contribution is 2.32. The Balaban J connectivity index is 1.85. The minimum absolute atomic E-state index is 0.0483. The summed E-state index contributed by atoms with van der Waals surface area (Å²) in [6.45, 7) is 6.44. The Bertz CT molecular complexity index is 860. The van der Waals surface area contributed by atoms with E-state index in [0.717, 1.165) is 24.0 Å². The first-order chi connectivity index (χ1) is 12.8. The molecule has 0 unspecified atom stereocenters. The molecule has 1 amide bonds. The minimum Gasteiger partial charge on any atom is -0.495 e. The van der Waals surface area contributed by atoms with Gasteiger partial charge in [0.05, 0.1) is 12.8 Å². The lowest BCUT2D eigenvalue weighted by molar-refractivity contribution is -0.118. The van der Waals surface area contributed by atoms with Crippen LogP contribution in [-0.2, 0) is 23.1 Å². The first kappa shape index (κ1) is 19.2. The van der Waals surface area contributed by atoms with Gasteiger partial charge in [-0.1, -0.05) is 32.9 Å². The molecule has 1 N–H and O–H groups in total. The Hall–Kier alpha value is -2.62. The summed E-state index contributed by atoms with van der Waals surface area (Å²) >= 11 is 0. The van der Waals surface area contributed by atoms with E-state index in [-0.39, 0.29) is 17.1 Å². The SMILES string of the molecule is COc1cc2c(cc1NC(=O)c1ccc(C(C)(C)C)cc1)CCCC(=O)C2. The first-order valence-corrected chi connectivity index (χ1v) is 9.41. The van der Waals surface area contributed by atoms with E-state index in [9.17, 15) is 9.59 Å². The molecule has 0 saturated heterocycles. The molecule has 27 heavy (non-hydrogen) atoms. The van der Waals surface area contributed by atoms with Crippen LogP contribution in [0.5, 0.6) is 5.75 Å². The third kappa shape index (κ3) is 4.38. The van der Waals surface area contributed by atoms with Crippen molar-refractivity contribution in [2.75, 3.05) is 12.4 Å². The lowest BCUT2D eigenvalue weighted by Gasteiger charge is -2.19. The van der Waals surface area contributed by atoms with Crippen LogP contribution in [0.25, 0.3) is 0 Å². The molecule has 1 aliphatic rings. The van der Waals surface area contributed by atoms with Gasteiger partial charge in [0.2, 0.25) is 0 Å². The van der Waals surface area contributed by atoms with Crippen molar-refractivity contribution >= 4 is 17.4 Å². The molecule has 0 radical (unpaired) electrons. The number of methoxy groups -OCH3 is 1. The van der Waals surface area contributed by atoms with Gasteiger partial charge in [-0.2, -0.15) is 0 Å². The third-order valence-electron chi connectivity index (χ3n) is 5.07. The van der Waals surface area contributed by atoms with Gasteiger partial charge in [0.1, 0.15) is 11.5 Å². The van der Waals surface area contributed by atoms with Gasteiger partial charge in [0, 0.05) is 18.4 Å². The number of Topliss-reactive ketones (excluding diaryl/α,β-unsaturated/α-hetero) is 1. The van der Waals surface area contributed by atoms with Crippen molar-refractivity contribution in [1.82, 2.24) is 0 Å². The largest absolute Gasteiger partial charge is 0.495 e. The molecule has 0 saturated carbocycles. The van der Waals surface area contributed by atoms with Crippen LogP contribution >= 0.6 is 0 Å². The summed E-state index contributed by atoms with van der Waals surface area (Å²) in [4.78, 5) is 24.6. The van der Waals surface area contributed by atoms with Gasteiger partial charge in [-0.25, -0.2) is 0 Å². The summed E-state index contributed by atoms with van der Waals surface area (Å²) < 4.78 is 5.46. The number of anilines is 1. The predicted octanol–water partition coefficient (Wildman–Crippen LogP) is 4.69. The molecule has 142 valence electrons. The molecular formula is C23H27NO3. The van der Waals surface area contributed by atoms with Gasteiger partial charge in [0.25, 0.3) is 5.91 Å². The number of hydrogen-bond donors (Lipinski definition) is 1. The fourth-order valence-electron chi connectivity index (χ4n) is 3.42. The Labute approximate surface area is 160 Å². The quantitative estimate of drug-likeness (QED) is 0.803. The average molecular weight is 365 g/mol. The zero-order valence-corrected chi connectivity index (χ0v) is 16.5. The molecule has 4 nitrogen and oxygen atoms in total. The van der Waals surface area contributed by atoms with Gasteiger partial charge in [-0.05, 0) is 59.2 Å². The number of nitrogens with one attached hydrogen (secondary N) is 1. The first-order valence-electron chi connectivity index (χ1n) is 9.41. The van der Waals surface area contributed by atoms with Crippen LogP contribution in [0.1, 0.15) is 60.7 Å². The number of hydrogen-bond acceptors (Lipinski definition) is 3. The highest BCUT2D eigenvalue weighted by molar-refractivity contribution is 6.05. The number of carbonyl (C=O) groups is 2. The molecule has 0 aromatic heterocycles. The fraction of sp³-hybridized carbons (Fsp3) is 0.391. The van der Waals surface area contributed by atoms with E-state index in [1.807, 2.05) is 36.4 Å². The van der Waals surface area contributed by atoms with Crippen LogP contribution in [0.4, 0.5) is 5.69 Å². The molecule has 4 heteroatoms. The van der Waals surface area contributed by atoms with E-state index in [4.69, 9.17) is 4.74 Å². The Morgan fingerprint density at radius 3 is 2.37 bits per heavy atom. The highest BCUT2D eigenvalue weighted by atomic mass is 16.5. The number of aryl methyl sites for hydroxylation is 1. The predicted molar refractivity (Wildman–Crippen MR) is 108 cm³/mol. The molecule has 0 fully saturated rings. The Morgan fingerprint density at radius 1 is 1.04 bits per heavy atom. The number of benzene rings is 2. The summed E-state index contributed by atoms with van der Waals surface area (Å²) in [5.74, 6) is 0.674. The van der Waals surface area contributed by atoms with Crippen molar-refractivity contribution in [2.24, 2.45) is 0 Å². The Morgan fingerprint density at radius 2 is 1.74 bits per heavy atom. The number of ether oxygens (including phenoxy) is 1. The van der Waals surface area contributed by atoms with Crippen molar-refractivity contribution < 1.29 is 14.3 Å². The second kappa shape index (κ2) is 7.55. The van der Waals surface area contributed by atoms with Crippen molar-refractivity contribution in [1.29, 1.82) is 0 Å². The summed E-state index contributed by atoms with van der Waals surface area (Å²) in [6.07, 6.45) is 2.74. The molecule has 1 aliphatic carbocycles. The van der Waals surface area contributed by atoms with E-state index in [1.54, 1.807) is 7.11 Å². The number of fused-ring (bicyclic) bond motifs is 1. The van der Waals surface area contributed by atoms with Crippen LogP contribution in [0, 0.1) is 0 Å².